The van der Waals surface area contributed by atoms with Gasteiger partial charge in [-0.15, -0.1) is 0 Å². The van der Waals surface area contributed by atoms with E-state index in [0.717, 1.165) is 12.8 Å². The lowest BCUT2D eigenvalue weighted by atomic mass is 9.85. The van der Waals surface area contributed by atoms with Crippen molar-refractivity contribution in [2.45, 2.75) is 30.2 Å². The second-order valence-corrected chi connectivity index (χ2v) is 7.83. The molecular weight excluding hydrogens is 329 g/mol. The van der Waals surface area contributed by atoms with Crippen LogP contribution in [0.3, 0.4) is 0 Å². The molecule has 5 unspecified atom stereocenters. The standard InChI is InChI=1S/C13H16INO2/c1-3-13(2,14)15-11(16)9-7-4-5-8(6-7)10(9)12(15)17/h4-5,7-10H,3,6H2,1-2H3. The molecule has 0 N–H and O–H groups in total. The molecule has 2 amide bonds. The predicted molar refractivity (Wildman–Crippen MR) is 72.3 cm³/mol. The van der Waals surface area contributed by atoms with Crippen molar-refractivity contribution < 1.29 is 9.59 Å². The lowest BCUT2D eigenvalue weighted by molar-refractivity contribution is -0.143. The second-order valence-electron chi connectivity index (χ2n) is 5.51. The summed E-state index contributed by atoms with van der Waals surface area (Å²) in [5.74, 6) is 0.647. The molecule has 0 aromatic heterocycles. The molecule has 0 aromatic carbocycles. The topological polar surface area (TPSA) is 37.4 Å². The fraction of sp³-hybridized carbons (Fsp3) is 0.692. The number of nitrogens with zero attached hydrogens (tertiary/aromatic N) is 1. The van der Waals surface area contributed by atoms with E-state index in [2.05, 4.69) is 34.7 Å². The lowest BCUT2D eigenvalue weighted by Gasteiger charge is -2.32. The molecule has 1 saturated heterocycles. The highest BCUT2D eigenvalue weighted by molar-refractivity contribution is 14.1. The highest BCUT2D eigenvalue weighted by Gasteiger charge is 2.61. The van der Waals surface area contributed by atoms with Gasteiger partial charge in [0.05, 0.1) is 15.4 Å². The SMILES string of the molecule is CCC(C)(I)N1C(=O)C2C3C=CC(C3)C2C1=O. The van der Waals surface area contributed by atoms with Crippen LogP contribution >= 0.6 is 22.6 Å². The van der Waals surface area contributed by atoms with Crippen LogP contribution < -0.4 is 0 Å². The normalized spacial score (nSPS) is 42.2. The summed E-state index contributed by atoms with van der Waals surface area (Å²) in [6, 6.07) is 0. The molecule has 5 atom stereocenters. The molecule has 0 aromatic rings. The van der Waals surface area contributed by atoms with Gasteiger partial charge in [-0.3, -0.25) is 14.5 Å². The van der Waals surface area contributed by atoms with Crippen molar-refractivity contribution in [1.82, 2.24) is 4.90 Å². The average Bonchev–Trinajstić information content (AvgIpc) is 2.92. The Kier molecular flexibility index (Phi) is 2.44. The Morgan fingerprint density at radius 1 is 1.29 bits per heavy atom. The highest BCUT2D eigenvalue weighted by Crippen LogP contribution is 2.54. The number of hydrogen-bond donors (Lipinski definition) is 0. The van der Waals surface area contributed by atoms with Gasteiger partial charge in [0.15, 0.2) is 0 Å². The first kappa shape index (κ1) is 11.7. The Morgan fingerprint density at radius 3 is 2.18 bits per heavy atom. The van der Waals surface area contributed by atoms with Crippen molar-refractivity contribution in [1.29, 1.82) is 0 Å². The molecule has 0 spiro atoms. The largest absolute Gasteiger partial charge is 0.274 e. The summed E-state index contributed by atoms with van der Waals surface area (Å²) < 4.78 is -0.365. The molecule has 92 valence electrons. The molecule has 1 heterocycles. The fourth-order valence-electron chi connectivity index (χ4n) is 3.52. The van der Waals surface area contributed by atoms with Gasteiger partial charge in [0.1, 0.15) is 0 Å². The van der Waals surface area contributed by atoms with Crippen molar-refractivity contribution in [2.24, 2.45) is 23.7 Å². The minimum absolute atomic E-state index is 0.0573. The van der Waals surface area contributed by atoms with Gasteiger partial charge in [-0.05, 0) is 31.6 Å². The monoisotopic (exact) mass is 345 g/mol. The third-order valence-corrected chi connectivity index (χ3v) is 5.83. The van der Waals surface area contributed by atoms with E-state index in [0.29, 0.717) is 11.8 Å². The zero-order valence-corrected chi connectivity index (χ0v) is 12.2. The van der Waals surface area contributed by atoms with Crippen LogP contribution in [-0.4, -0.2) is 20.3 Å². The number of hydrogen-bond acceptors (Lipinski definition) is 2. The number of carbonyl (C=O) groups is 2. The molecule has 2 aliphatic carbocycles. The summed E-state index contributed by atoms with van der Waals surface area (Å²) in [5.41, 5.74) is 0. The Hall–Kier alpha value is -0.390. The summed E-state index contributed by atoms with van der Waals surface area (Å²) in [7, 11) is 0. The number of carbonyl (C=O) groups excluding carboxylic acids is 2. The number of likely N-dealkylation sites (tertiary alicyclic amines) is 1. The molecule has 2 fully saturated rings. The molecule has 2 bridgehead atoms. The van der Waals surface area contributed by atoms with Crippen LogP contribution in [0.25, 0.3) is 0 Å². The number of rotatable bonds is 2. The number of alkyl halides is 1. The second kappa shape index (κ2) is 3.56. The molecule has 3 aliphatic rings. The van der Waals surface area contributed by atoms with Crippen LogP contribution in [0.2, 0.25) is 0 Å². The van der Waals surface area contributed by atoms with E-state index in [1.807, 2.05) is 13.8 Å². The fourth-order valence-corrected chi connectivity index (χ4v) is 4.00. The maximum absolute atomic E-state index is 12.5. The molecule has 17 heavy (non-hydrogen) atoms. The van der Waals surface area contributed by atoms with Crippen molar-refractivity contribution in [3.05, 3.63) is 12.2 Å². The molecule has 0 radical (unpaired) electrons. The van der Waals surface area contributed by atoms with Crippen molar-refractivity contribution in [3.8, 4) is 0 Å². The predicted octanol–water partition coefficient (Wildman–Crippen LogP) is 2.35. The minimum Gasteiger partial charge on any atom is -0.274 e. The molecule has 1 aliphatic heterocycles. The molecule has 3 rings (SSSR count). The quantitative estimate of drug-likeness (QED) is 0.253. The van der Waals surface area contributed by atoms with Crippen LogP contribution in [0.1, 0.15) is 26.7 Å². The zero-order chi connectivity index (χ0) is 12.4. The number of halogens is 1. The Morgan fingerprint density at radius 2 is 1.76 bits per heavy atom. The first-order chi connectivity index (χ1) is 7.97. The summed E-state index contributed by atoms with van der Waals surface area (Å²) in [4.78, 5) is 26.5. The van der Waals surface area contributed by atoms with Gasteiger partial charge in [0.2, 0.25) is 11.8 Å². The number of amides is 2. The van der Waals surface area contributed by atoms with E-state index in [9.17, 15) is 9.59 Å². The van der Waals surface area contributed by atoms with Crippen LogP contribution in [0, 0.1) is 23.7 Å². The van der Waals surface area contributed by atoms with Gasteiger partial charge >= 0.3 is 0 Å². The highest BCUT2D eigenvalue weighted by atomic mass is 127. The van der Waals surface area contributed by atoms with Crippen LogP contribution in [0.5, 0.6) is 0 Å². The summed E-state index contributed by atoms with van der Waals surface area (Å²) >= 11 is 2.23. The van der Waals surface area contributed by atoms with E-state index in [-0.39, 0.29) is 27.2 Å². The minimum atomic E-state index is -0.365. The molecule has 1 saturated carbocycles. The smallest absolute Gasteiger partial charge is 0.234 e. The molecule has 4 heteroatoms. The van der Waals surface area contributed by atoms with E-state index < -0.39 is 0 Å². The van der Waals surface area contributed by atoms with Gasteiger partial charge < -0.3 is 0 Å². The zero-order valence-electron chi connectivity index (χ0n) is 10.0. The van der Waals surface area contributed by atoms with Gasteiger partial charge in [-0.2, -0.15) is 0 Å². The van der Waals surface area contributed by atoms with E-state index >= 15 is 0 Å². The van der Waals surface area contributed by atoms with Gasteiger partial charge in [0, 0.05) is 0 Å². The number of fused-ring (bicyclic) bond motifs is 5. The first-order valence-corrected chi connectivity index (χ1v) is 7.30. The van der Waals surface area contributed by atoms with E-state index in [4.69, 9.17) is 0 Å². The third kappa shape index (κ3) is 1.39. The first-order valence-electron chi connectivity index (χ1n) is 6.22. The van der Waals surface area contributed by atoms with Crippen LogP contribution in [-0.2, 0) is 9.59 Å². The summed E-state index contributed by atoms with van der Waals surface area (Å²) in [5, 5.41) is 0. The summed E-state index contributed by atoms with van der Waals surface area (Å²) in [6.07, 6.45) is 6.08. The van der Waals surface area contributed by atoms with Gasteiger partial charge in [-0.1, -0.05) is 41.7 Å². The van der Waals surface area contributed by atoms with E-state index in [1.165, 1.54) is 4.90 Å². The molecular formula is C13H16INO2. The van der Waals surface area contributed by atoms with Crippen molar-refractivity contribution in [2.75, 3.05) is 0 Å². The van der Waals surface area contributed by atoms with Crippen LogP contribution in [0.4, 0.5) is 0 Å². The maximum atomic E-state index is 12.5. The average molecular weight is 345 g/mol. The Balaban J connectivity index is 1.98. The Labute approximate surface area is 115 Å². The third-order valence-electron chi connectivity index (χ3n) is 4.58. The van der Waals surface area contributed by atoms with E-state index in [1.54, 1.807) is 0 Å². The number of allylic oxidation sites excluding steroid dienone is 2. The Bertz CT molecular complexity index is 399. The summed E-state index contributed by atoms with van der Waals surface area (Å²) in [6.45, 7) is 3.99. The van der Waals surface area contributed by atoms with Crippen molar-refractivity contribution >= 4 is 34.4 Å². The van der Waals surface area contributed by atoms with Crippen molar-refractivity contribution in [3.63, 3.8) is 0 Å². The lowest BCUT2D eigenvalue weighted by Crippen LogP contribution is -2.46. The van der Waals surface area contributed by atoms with Crippen LogP contribution in [0.15, 0.2) is 12.2 Å². The maximum Gasteiger partial charge on any atom is 0.234 e. The number of imide groups is 1. The van der Waals surface area contributed by atoms with Gasteiger partial charge in [0.25, 0.3) is 0 Å². The molecule has 3 nitrogen and oxygen atoms in total. The van der Waals surface area contributed by atoms with Gasteiger partial charge in [-0.25, -0.2) is 0 Å².